The van der Waals surface area contributed by atoms with Crippen molar-refractivity contribution >= 4 is 32.5 Å². The molecule has 4 aromatic carbocycles. The van der Waals surface area contributed by atoms with E-state index in [1.165, 1.54) is 43.8 Å². The molecular weight excluding hydrogens is 432 g/mol. The monoisotopic (exact) mass is 462 g/mol. The summed E-state index contributed by atoms with van der Waals surface area (Å²) in [5.74, 6) is 0. The normalized spacial score (nSPS) is 9.29. The Morgan fingerprint density at radius 2 is 0.964 bits per heavy atom. The molecule has 4 rings (SSSR count). The zero-order valence-electron chi connectivity index (χ0n) is 18.2. The maximum atomic E-state index is 2.27. The third-order valence-electron chi connectivity index (χ3n) is 4.97. The van der Waals surface area contributed by atoms with Crippen LogP contribution in [0.4, 0.5) is 0 Å². The summed E-state index contributed by atoms with van der Waals surface area (Å²) in [7, 11) is 0. The number of aryl methyl sites for hydroxylation is 4. The van der Waals surface area contributed by atoms with Crippen molar-refractivity contribution < 1.29 is 26.2 Å². The van der Waals surface area contributed by atoms with E-state index < -0.39 is 0 Å². The molecule has 0 unspecified atom stereocenters. The molecule has 0 aliphatic carbocycles. The summed E-state index contributed by atoms with van der Waals surface area (Å²) >= 11 is 0. The van der Waals surface area contributed by atoms with Gasteiger partial charge in [-0.25, -0.2) is 0 Å². The van der Waals surface area contributed by atoms with Crippen LogP contribution in [0.2, 0.25) is 0 Å². The topological polar surface area (TPSA) is 0 Å². The van der Waals surface area contributed by atoms with Gasteiger partial charge in [-0.1, -0.05) is 52.7 Å². The quantitative estimate of drug-likeness (QED) is 0.215. The number of benzene rings is 2. The summed E-state index contributed by atoms with van der Waals surface area (Å²) in [5, 5.41) is 5.62. The average Bonchev–Trinajstić information content (AvgIpc) is 3.09. The number of fused-ring (bicyclic) bond motifs is 2. The Hall–Kier alpha value is -1.24. The average molecular weight is 464 g/mol. The van der Waals surface area contributed by atoms with E-state index in [1.807, 2.05) is 0 Å². The van der Waals surface area contributed by atoms with Crippen molar-refractivity contribution in [1.82, 2.24) is 0 Å². The van der Waals surface area contributed by atoms with Crippen LogP contribution in [0.3, 0.4) is 0 Å². The molecule has 0 nitrogen and oxygen atoms in total. The Bertz CT molecular complexity index is 879. The second-order valence-electron chi connectivity index (χ2n) is 6.49. The zero-order valence-corrected chi connectivity index (χ0v) is 21.6. The minimum Gasteiger partial charge on any atom is -0.358 e. The van der Waals surface area contributed by atoms with Gasteiger partial charge in [0, 0.05) is 11.0 Å². The molecule has 0 atom stereocenters. The van der Waals surface area contributed by atoms with Crippen LogP contribution in [0, 0.1) is 28.7 Å². The molecule has 28 heavy (non-hydrogen) atoms. The minimum atomic E-state index is 0. The molecule has 144 valence electrons. The smallest absolute Gasteiger partial charge is 0.358 e. The third kappa shape index (κ3) is 5.88. The van der Waals surface area contributed by atoms with Crippen molar-refractivity contribution in [3.05, 3.63) is 97.8 Å². The van der Waals surface area contributed by atoms with Crippen molar-refractivity contribution in [1.29, 1.82) is 0 Å². The first-order chi connectivity index (χ1) is 11.7. The molecule has 2 heteroatoms. The Balaban J connectivity index is 0. The summed E-state index contributed by atoms with van der Waals surface area (Å²) in [6, 6.07) is 21.7. The van der Waals surface area contributed by atoms with Gasteiger partial charge in [0.2, 0.25) is 0 Å². The van der Waals surface area contributed by atoms with Crippen LogP contribution in [0.25, 0.3) is 21.5 Å². The molecule has 0 spiro atoms. The standard InChI is InChI=1S/2C12H13.2CH3.Si.Zr/c2*1-3-11-9(2)8-10-6-4-5-7-12(10)11;;;;/h2*4-8H,3H2,1-2H3;2*1H3;;/q4*-1;;+4. The molecule has 0 heterocycles. The van der Waals surface area contributed by atoms with Gasteiger partial charge in [-0.3, -0.25) is 0 Å². The largest absolute Gasteiger partial charge is 4.00 e. The molecule has 0 aromatic heterocycles. The summed E-state index contributed by atoms with van der Waals surface area (Å²) < 4.78 is 0. The van der Waals surface area contributed by atoms with Crippen LogP contribution in [0.5, 0.6) is 0 Å². The maximum Gasteiger partial charge on any atom is 4.00 e. The van der Waals surface area contributed by atoms with E-state index in [2.05, 4.69) is 88.4 Å². The van der Waals surface area contributed by atoms with Gasteiger partial charge in [0.15, 0.2) is 0 Å². The van der Waals surface area contributed by atoms with E-state index in [4.69, 9.17) is 0 Å². The van der Waals surface area contributed by atoms with Crippen LogP contribution in [-0.4, -0.2) is 11.0 Å². The number of hydrogen-bond donors (Lipinski definition) is 0. The Labute approximate surface area is 196 Å². The Kier molecular flexibility index (Phi) is 13.5. The van der Waals surface area contributed by atoms with Crippen molar-refractivity contribution in [2.24, 2.45) is 0 Å². The van der Waals surface area contributed by atoms with Gasteiger partial charge in [0.05, 0.1) is 0 Å². The van der Waals surface area contributed by atoms with Crippen molar-refractivity contribution in [3.63, 3.8) is 0 Å². The van der Waals surface area contributed by atoms with Crippen molar-refractivity contribution in [2.75, 3.05) is 0 Å². The van der Waals surface area contributed by atoms with Gasteiger partial charge in [-0.2, -0.15) is 11.1 Å². The fourth-order valence-electron chi connectivity index (χ4n) is 3.80. The molecule has 0 saturated carbocycles. The van der Waals surface area contributed by atoms with Crippen LogP contribution in [0.1, 0.15) is 36.1 Å². The SMILES string of the molecule is CCc1c(C)[cH-]c2ccccc12.CCc1c(C)[cH-]c2ccccc12.[CH3-].[CH3-].[Si].[Zr+4]. The zero-order chi connectivity index (χ0) is 17.1. The first-order valence-electron chi connectivity index (χ1n) is 8.93. The Morgan fingerprint density at radius 1 is 0.643 bits per heavy atom. The van der Waals surface area contributed by atoms with Gasteiger partial charge in [0.25, 0.3) is 0 Å². The van der Waals surface area contributed by atoms with E-state index >= 15 is 0 Å². The molecule has 0 amide bonds. The molecule has 0 aliphatic rings. The van der Waals surface area contributed by atoms with Crippen molar-refractivity contribution in [2.45, 2.75) is 40.5 Å². The molecule has 0 N–H and O–H groups in total. The van der Waals surface area contributed by atoms with Gasteiger partial charge in [0.1, 0.15) is 0 Å². The summed E-state index contributed by atoms with van der Waals surface area (Å²) in [4.78, 5) is 0. The first kappa shape index (κ1) is 29.0. The predicted octanol–water partition coefficient (Wildman–Crippen LogP) is 7.38. The summed E-state index contributed by atoms with van der Waals surface area (Å²) in [6.45, 7) is 8.82. The van der Waals surface area contributed by atoms with Gasteiger partial charge >= 0.3 is 26.2 Å². The first-order valence-corrected chi connectivity index (χ1v) is 8.93. The van der Waals surface area contributed by atoms with Crippen LogP contribution >= 0.6 is 0 Å². The second kappa shape index (κ2) is 13.1. The summed E-state index contributed by atoms with van der Waals surface area (Å²) in [6.07, 6.45) is 2.28. The molecule has 0 saturated heterocycles. The molecular formula is C26H32SiZr. The van der Waals surface area contributed by atoms with E-state index in [9.17, 15) is 0 Å². The molecule has 0 bridgehead atoms. The van der Waals surface area contributed by atoms with Crippen LogP contribution in [0.15, 0.2) is 60.7 Å². The van der Waals surface area contributed by atoms with E-state index in [1.54, 1.807) is 0 Å². The Morgan fingerprint density at radius 3 is 1.29 bits per heavy atom. The molecule has 4 aromatic rings. The van der Waals surface area contributed by atoms with E-state index in [0.29, 0.717) is 0 Å². The molecule has 0 aliphatic heterocycles. The molecule has 4 radical (unpaired) electrons. The molecule has 0 fully saturated rings. The van der Waals surface area contributed by atoms with Gasteiger partial charge < -0.3 is 14.9 Å². The predicted molar refractivity (Wildman–Crippen MR) is 126 cm³/mol. The summed E-state index contributed by atoms with van der Waals surface area (Å²) in [5.41, 5.74) is 5.87. The van der Waals surface area contributed by atoms with Gasteiger partial charge in [-0.15, -0.1) is 81.2 Å². The third-order valence-corrected chi connectivity index (χ3v) is 4.97. The van der Waals surface area contributed by atoms with E-state index in [0.717, 1.165) is 12.8 Å². The number of hydrogen-bond acceptors (Lipinski definition) is 0. The fraction of sp³-hybridized carbons (Fsp3) is 0.231. The van der Waals surface area contributed by atoms with Crippen molar-refractivity contribution in [3.8, 4) is 0 Å². The van der Waals surface area contributed by atoms with E-state index in [-0.39, 0.29) is 52.0 Å². The minimum absolute atomic E-state index is 0. The fourth-order valence-corrected chi connectivity index (χ4v) is 3.80. The maximum absolute atomic E-state index is 2.27. The van der Waals surface area contributed by atoms with Crippen LogP contribution in [-0.2, 0) is 39.0 Å². The second-order valence-corrected chi connectivity index (χ2v) is 6.49. The van der Waals surface area contributed by atoms with Crippen LogP contribution < -0.4 is 0 Å². The van der Waals surface area contributed by atoms with Gasteiger partial charge in [-0.05, 0) is 0 Å². The number of rotatable bonds is 2.